The number of phenols is 1. The van der Waals surface area contributed by atoms with E-state index in [2.05, 4.69) is 30.6 Å². The van der Waals surface area contributed by atoms with E-state index in [1.54, 1.807) is 11.9 Å². The topological polar surface area (TPSA) is 79.0 Å². The molecule has 0 unspecified atom stereocenters. The third-order valence-corrected chi connectivity index (χ3v) is 9.17. The maximum absolute atomic E-state index is 16.6. The van der Waals surface area contributed by atoms with Crippen LogP contribution in [0.4, 0.5) is 19.0 Å². The molecule has 3 aliphatic rings. The average Bonchev–Trinajstić information content (AvgIpc) is 3.61. The highest BCUT2D eigenvalue weighted by molar-refractivity contribution is 6.03. The Morgan fingerprint density at radius 2 is 2.07 bits per heavy atom. The number of ether oxygens (including phenoxy) is 1. The van der Waals surface area contributed by atoms with Crippen molar-refractivity contribution in [3.63, 3.8) is 0 Å². The van der Waals surface area contributed by atoms with Crippen LogP contribution in [0, 0.1) is 30.6 Å². The molecule has 4 aromatic rings. The van der Waals surface area contributed by atoms with Crippen molar-refractivity contribution in [2.24, 2.45) is 0 Å². The molecular formula is C32H27F3N6O2. The number of hydrogen-bond acceptors (Lipinski definition) is 7. The van der Waals surface area contributed by atoms with Crippen molar-refractivity contribution in [3.8, 4) is 35.4 Å². The van der Waals surface area contributed by atoms with Gasteiger partial charge in [0.25, 0.3) is 0 Å². The van der Waals surface area contributed by atoms with Gasteiger partial charge in [-0.05, 0) is 43.0 Å². The first-order chi connectivity index (χ1) is 20.7. The number of phenolic OH excluding ortho intramolecular Hbond substituents is 1. The molecule has 1 N–H and O–H groups in total. The Balaban J connectivity index is 1.40. The number of fused-ring (bicyclic) bond motifs is 3. The Bertz CT molecular complexity index is 1900. The molecule has 0 amide bonds. The maximum atomic E-state index is 16.6. The quantitative estimate of drug-likeness (QED) is 0.233. The number of anilines is 1. The van der Waals surface area contributed by atoms with E-state index < -0.39 is 29.0 Å². The molecule has 218 valence electrons. The Morgan fingerprint density at radius 1 is 1.26 bits per heavy atom. The molecule has 2 aromatic heterocycles. The average molecular weight is 585 g/mol. The van der Waals surface area contributed by atoms with Crippen molar-refractivity contribution >= 4 is 27.5 Å². The first kappa shape index (κ1) is 27.2. The number of terminal acetylenes is 1. The summed E-state index contributed by atoms with van der Waals surface area (Å²) in [5, 5.41) is 11.3. The molecule has 4 heterocycles. The Hall–Kier alpha value is -4.61. The minimum absolute atomic E-state index is 0.0863. The number of rotatable bonds is 6. The first-order valence-corrected chi connectivity index (χ1v) is 14.1. The fourth-order valence-electron chi connectivity index (χ4n) is 6.76. The summed E-state index contributed by atoms with van der Waals surface area (Å²) >= 11 is 0. The van der Waals surface area contributed by atoms with Crippen LogP contribution in [-0.4, -0.2) is 69.1 Å². The number of benzene rings is 2. The van der Waals surface area contributed by atoms with Crippen molar-refractivity contribution < 1.29 is 23.0 Å². The van der Waals surface area contributed by atoms with Crippen LogP contribution in [0.3, 0.4) is 0 Å². The second kappa shape index (κ2) is 9.72. The summed E-state index contributed by atoms with van der Waals surface area (Å²) in [5.74, 6) is 0.915. The number of nitrogens with zero attached hydrogens (tertiary/aromatic N) is 6. The fourth-order valence-corrected chi connectivity index (χ4v) is 6.76. The van der Waals surface area contributed by atoms with Crippen LogP contribution in [0.5, 0.6) is 11.8 Å². The van der Waals surface area contributed by atoms with Crippen molar-refractivity contribution in [2.75, 3.05) is 31.6 Å². The minimum Gasteiger partial charge on any atom is -0.508 e. The summed E-state index contributed by atoms with van der Waals surface area (Å²) in [6.07, 6.45) is 9.37. The summed E-state index contributed by atoms with van der Waals surface area (Å²) in [6, 6.07) is 5.23. The molecule has 1 saturated carbocycles. The number of aromatic nitrogens is 3. The number of hydrogen-bond donors (Lipinski definition) is 1. The van der Waals surface area contributed by atoms with Crippen LogP contribution >= 0.6 is 0 Å². The Labute approximate surface area is 245 Å². The zero-order chi connectivity index (χ0) is 30.1. The molecular weight excluding hydrogens is 557 g/mol. The molecule has 2 atom stereocenters. The predicted molar refractivity (Wildman–Crippen MR) is 155 cm³/mol. The Kier molecular flexibility index (Phi) is 6.15. The van der Waals surface area contributed by atoms with Crippen molar-refractivity contribution in [2.45, 2.75) is 49.5 Å². The van der Waals surface area contributed by atoms with E-state index >= 15 is 4.39 Å². The molecule has 2 saturated heterocycles. The third kappa shape index (κ3) is 4.22. The van der Waals surface area contributed by atoms with Gasteiger partial charge >= 0.3 is 11.7 Å². The molecule has 0 bridgehead atoms. The van der Waals surface area contributed by atoms with Gasteiger partial charge in [-0.25, -0.2) is 19.7 Å². The van der Waals surface area contributed by atoms with Crippen LogP contribution in [0.2, 0.25) is 0 Å². The zero-order valence-corrected chi connectivity index (χ0v) is 23.4. The molecule has 43 heavy (non-hydrogen) atoms. The number of alkyl halides is 1. The van der Waals surface area contributed by atoms with Gasteiger partial charge in [-0.3, -0.25) is 19.6 Å². The van der Waals surface area contributed by atoms with Crippen LogP contribution in [0.25, 0.3) is 37.8 Å². The molecule has 1 aliphatic carbocycles. The van der Waals surface area contributed by atoms with Gasteiger partial charge in [0.15, 0.2) is 11.6 Å². The summed E-state index contributed by atoms with van der Waals surface area (Å²) in [7, 11) is 1.72. The molecule has 0 radical (unpaired) electrons. The summed E-state index contributed by atoms with van der Waals surface area (Å²) in [4.78, 5) is 21.0. The van der Waals surface area contributed by atoms with Crippen LogP contribution in [0.1, 0.15) is 37.7 Å². The van der Waals surface area contributed by atoms with Crippen molar-refractivity contribution in [1.82, 2.24) is 19.9 Å². The lowest BCUT2D eigenvalue weighted by Crippen LogP contribution is -2.43. The predicted octanol–water partition coefficient (Wildman–Crippen LogP) is 5.61. The lowest BCUT2D eigenvalue weighted by atomic mass is 9.95. The van der Waals surface area contributed by atoms with E-state index in [0.717, 1.165) is 19.4 Å². The standard InChI is InChI=1S/C32H27F3N6O2/c1-4-21-24(34)7-6-18-12-20(42)13-22(25(18)21)27-26(35)28-23(15-37-27)29(40(3)32(36-2)9-10-32)39-30(38-28)43-17-31-8-5-11-41(31)16-19(33)14-31/h1,6-7,12-13,15,19,42H,5,8-11,14,16-17H2,3H3/t19-,31+/m1/s1. The van der Waals surface area contributed by atoms with Crippen LogP contribution < -0.4 is 9.64 Å². The Morgan fingerprint density at radius 3 is 2.81 bits per heavy atom. The SMILES string of the molecule is [C-]#[N+]C1(N(C)c2nc(OC[C@@]34CCCN3C[C@H](F)C4)nc3c(F)c(-c4cc(O)cc5ccc(F)c(C#C)c45)ncc23)CC1. The molecule has 3 fully saturated rings. The highest BCUT2D eigenvalue weighted by Gasteiger charge is 2.56. The molecule has 0 spiro atoms. The van der Waals surface area contributed by atoms with Gasteiger partial charge in [-0.2, -0.15) is 9.97 Å². The first-order valence-electron chi connectivity index (χ1n) is 14.1. The van der Waals surface area contributed by atoms with E-state index in [-0.39, 0.29) is 57.3 Å². The molecule has 7 rings (SSSR count). The summed E-state index contributed by atoms with van der Waals surface area (Å²) < 4.78 is 51.8. The van der Waals surface area contributed by atoms with Gasteiger partial charge in [0.05, 0.1) is 29.3 Å². The number of halogens is 3. The number of aromatic hydroxyl groups is 1. The lowest BCUT2D eigenvalue weighted by molar-refractivity contribution is 0.107. The van der Waals surface area contributed by atoms with Gasteiger partial charge in [0.1, 0.15) is 35.6 Å². The molecule has 2 aliphatic heterocycles. The van der Waals surface area contributed by atoms with E-state index in [9.17, 15) is 13.9 Å². The smallest absolute Gasteiger partial charge is 0.319 e. The molecule has 11 heteroatoms. The van der Waals surface area contributed by atoms with Gasteiger partial charge in [-0.1, -0.05) is 12.0 Å². The second-order valence-corrected chi connectivity index (χ2v) is 11.7. The van der Waals surface area contributed by atoms with E-state index in [4.69, 9.17) is 17.7 Å². The van der Waals surface area contributed by atoms with Crippen LogP contribution in [-0.2, 0) is 0 Å². The van der Waals surface area contributed by atoms with Crippen LogP contribution in [0.15, 0.2) is 30.5 Å². The molecule has 8 nitrogen and oxygen atoms in total. The zero-order valence-electron chi connectivity index (χ0n) is 23.4. The maximum Gasteiger partial charge on any atom is 0.319 e. The van der Waals surface area contributed by atoms with Crippen molar-refractivity contribution in [1.29, 1.82) is 0 Å². The van der Waals surface area contributed by atoms with E-state index in [0.29, 0.717) is 31.2 Å². The monoisotopic (exact) mass is 584 g/mol. The van der Waals surface area contributed by atoms with Gasteiger partial charge in [0, 0.05) is 37.2 Å². The van der Waals surface area contributed by atoms with Gasteiger partial charge in [-0.15, -0.1) is 6.42 Å². The lowest BCUT2D eigenvalue weighted by Gasteiger charge is -2.31. The largest absolute Gasteiger partial charge is 0.508 e. The summed E-state index contributed by atoms with van der Waals surface area (Å²) in [5.41, 5.74) is -1.60. The highest BCUT2D eigenvalue weighted by Crippen LogP contribution is 2.47. The fraction of sp³-hybridized carbons (Fsp3) is 0.375. The van der Waals surface area contributed by atoms with Gasteiger partial charge in [0.2, 0.25) is 0 Å². The van der Waals surface area contributed by atoms with Crippen molar-refractivity contribution in [3.05, 3.63) is 59.1 Å². The molecule has 2 aromatic carbocycles. The second-order valence-electron chi connectivity index (χ2n) is 11.7. The number of pyridine rings is 1. The van der Waals surface area contributed by atoms with E-state index in [1.165, 1.54) is 30.5 Å². The highest BCUT2D eigenvalue weighted by atomic mass is 19.1. The normalized spacial score (nSPS) is 22.3. The van der Waals surface area contributed by atoms with E-state index in [1.807, 2.05) is 0 Å². The summed E-state index contributed by atoms with van der Waals surface area (Å²) in [6.45, 7) is 9.02. The van der Waals surface area contributed by atoms with Gasteiger partial charge < -0.3 is 9.84 Å². The minimum atomic E-state index is -0.947. The third-order valence-electron chi connectivity index (χ3n) is 9.17.